The SMILES string of the molecule is CCC(C)C(N)C(=O)N(C)Cc1ccccc1OC. The Balaban J connectivity index is 2.73. The smallest absolute Gasteiger partial charge is 0.239 e. The van der Waals surface area contributed by atoms with Gasteiger partial charge < -0.3 is 15.4 Å². The van der Waals surface area contributed by atoms with E-state index in [1.807, 2.05) is 38.1 Å². The number of hydrogen-bond acceptors (Lipinski definition) is 3. The number of hydrogen-bond donors (Lipinski definition) is 1. The maximum atomic E-state index is 12.2. The molecule has 0 radical (unpaired) electrons. The van der Waals surface area contributed by atoms with Crippen LogP contribution < -0.4 is 10.5 Å². The predicted molar refractivity (Wildman–Crippen MR) is 76.9 cm³/mol. The highest BCUT2D eigenvalue weighted by atomic mass is 16.5. The Morgan fingerprint density at radius 1 is 1.42 bits per heavy atom. The van der Waals surface area contributed by atoms with Crippen molar-refractivity contribution in [3.8, 4) is 5.75 Å². The zero-order valence-corrected chi connectivity index (χ0v) is 12.2. The summed E-state index contributed by atoms with van der Waals surface area (Å²) in [5.74, 6) is 0.951. The van der Waals surface area contributed by atoms with E-state index in [0.717, 1.165) is 17.7 Å². The van der Waals surface area contributed by atoms with Crippen LogP contribution in [0.25, 0.3) is 0 Å². The van der Waals surface area contributed by atoms with Gasteiger partial charge in [0.1, 0.15) is 5.75 Å². The van der Waals surface area contributed by atoms with E-state index in [1.54, 1.807) is 19.1 Å². The largest absolute Gasteiger partial charge is 0.496 e. The quantitative estimate of drug-likeness (QED) is 0.855. The Bertz CT molecular complexity index is 420. The highest BCUT2D eigenvalue weighted by Gasteiger charge is 2.23. The van der Waals surface area contributed by atoms with E-state index >= 15 is 0 Å². The molecule has 1 aromatic carbocycles. The molecule has 4 heteroatoms. The Hall–Kier alpha value is -1.55. The molecule has 106 valence electrons. The molecule has 19 heavy (non-hydrogen) atoms. The molecule has 2 atom stereocenters. The summed E-state index contributed by atoms with van der Waals surface area (Å²) in [7, 11) is 3.41. The summed E-state index contributed by atoms with van der Waals surface area (Å²) in [6, 6.07) is 7.25. The summed E-state index contributed by atoms with van der Waals surface area (Å²) >= 11 is 0. The molecule has 2 unspecified atom stereocenters. The Labute approximate surface area is 115 Å². The molecule has 0 saturated carbocycles. The molecule has 0 spiro atoms. The van der Waals surface area contributed by atoms with Gasteiger partial charge in [0.25, 0.3) is 0 Å². The van der Waals surface area contributed by atoms with Crippen LogP contribution in [0.2, 0.25) is 0 Å². The van der Waals surface area contributed by atoms with Gasteiger partial charge in [0.15, 0.2) is 0 Å². The van der Waals surface area contributed by atoms with E-state index in [1.165, 1.54) is 0 Å². The molecule has 0 aliphatic rings. The Kier molecular flexibility index (Phi) is 5.83. The second-order valence-corrected chi connectivity index (χ2v) is 4.92. The summed E-state index contributed by atoms with van der Waals surface area (Å²) in [6.45, 7) is 4.55. The van der Waals surface area contributed by atoms with E-state index in [2.05, 4.69) is 0 Å². The number of para-hydroxylation sites is 1. The molecule has 2 N–H and O–H groups in total. The first-order valence-corrected chi connectivity index (χ1v) is 6.63. The number of methoxy groups -OCH3 is 1. The van der Waals surface area contributed by atoms with Crippen LogP contribution >= 0.6 is 0 Å². The van der Waals surface area contributed by atoms with Crippen LogP contribution in [-0.2, 0) is 11.3 Å². The number of likely N-dealkylation sites (N-methyl/N-ethyl adjacent to an activating group) is 1. The van der Waals surface area contributed by atoms with Crippen LogP contribution in [0.5, 0.6) is 5.75 Å². The topological polar surface area (TPSA) is 55.6 Å². The highest BCUT2D eigenvalue weighted by Crippen LogP contribution is 2.19. The summed E-state index contributed by atoms with van der Waals surface area (Å²) in [5.41, 5.74) is 6.96. The van der Waals surface area contributed by atoms with Crippen molar-refractivity contribution < 1.29 is 9.53 Å². The lowest BCUT2D eigenvalue weighted by Gasteiger charge is -2.25. The number of benzene rings is 1. The Morgan fingerprint density at radius 2 is 2.05 bits per heavy atom. The monoisotopic (exact) mass is 264 g/mol. The van der Waals surface area contributed by atoms with Crippen LogP contribution in [0.3, 0.4) is 0 Å². The van der Waals surface area contributed by atoms with Gasteiger partial charge in [-0.05, 0) is 12.0 Å². The van der Waals surface area contributed by atoms with Crippen molar-refractivity contribution in [2.75, 3.05) is 14.2 Å². The van der Waals surface area contributed by atoms with E-state index in [-0.39, 0.29) is 11.8 Å². The van der Waals surface area contributed by atoms with Crippen molar-refractivity contribution in [2.45, 2.75) is 32.9 Å². The van der Waals surface area contributed by atoms with Gasteiger partial charge in [-0.15, -0.1) is 0 Å². The van der Waals surface area contributed by atoms with Crippen LogP contribution in [0.15, 0.2) is 24.3 Å². The molecule has 0 saturated heterocycles. The molecule has 1 amide bonds. The predicted octanol–water partition coefficient (Wildman–Crippen LogP) is 2.03. The fourth-order valence-corrected chi connectivity index (χ4v) is 1.92. The average Bonchev–Trinajstić information content (AvgIpc) is 2.45. The van der Waals surface area contributed by atoms with Crippen molar-refractivity contribution in [3.63, 3.8) is 0 Å². The number of rotatable bonds is 6. The third-order valence-electron chi connectivity index (χ3n) is 3.52. The summed E-state index contributed by atoms with van der Waals surface area (Å²) in [4.78, 5) is 13.9. The number of nitrogens with two attached hydrogens (primary N) is 1. The average molecular weight is 264 g/mol. The zero-order valence-electron chi connectivity index (χ0n) is 12.2. The summed E-state index contributed by atoms with van der Waals surface area (Å²) in [5, 5.41) is 0. The first kappa shape index (κ1) is 15.5. The van der Waals surface area contributed by atoms with Crippen LogP contribution in [0.4, 0.5) is 0 Å². The van der Waals surface area contributed by atoms with Gasteiger partial charge in [-0.1, -0.05) is 38.5 Å². The van der Waals surface area contributed by atoms with E-state index in [4.69, 9.17) is 10.5 Å². The van der Waals surface area contributed by atoms with Crippen LogP contribution in [0.1, 0.15) is 25.8 Å². The third kappa shape index (κ3) is 3.96. The Morgan fingerprint density at radius 3 is 2.63 bits per heavy atom. The molecule has 0 aromatic heterocycles. The van der Waals surface area contributed by atoms with E-state index in [0.29, 0.717) is 6.54 Å². The number of nitrogens with zero attached hydrogens (tertiary/aromatic N) is 1. The fraction of sp³-hybridized carbons (Fsp3) is 0.533. The lowest BCUT2D eigenvalue weighted by molar-refractivity contribution is -0.132. The van der Waals surface area contributed by atoms with Crippen molar-refractivity contribution >= 4 is 5.91 Å². The second kappa shape index (κ2) is 7.14. The molecule has 0 heterocycles. The van der Waals surface area contributed by atoms with Crippen molar-refractivity contribution in [1.29, 1.82) is 0 Å². The number of carbonyl (C=O) groups excluding carboxylic acids is 1. The maximum Gasteiger partial charge on any atom is 0.239 e. The lowest BCUT2D eigenvalue weighted by atomic mass is 9.99. The van der Waals surface area contributed by atoms with Gasteiger partial charge in [0, 0.05) is 19.2 Å². The van der Waals surface area contributed by atoms with Crippen molar-refractivity contribution in [3.05, 3.63) is 29.8 Å². The van der Waals surface area contributed by atoms with Gasteiger partial charge >= 0.3 is 0 Å². The van der Waals surface area contributed by atoms with E-state index < -0.39 is 6.04 Å². The van der Waals surface area contributed by atoms with E-state index in [9.17, 15) is 4.79 Å². The van der Waals surface area contributed by atoms with Gasteiger partial charge in [0.2, 0.25) is 5.91 Å². The minimum Gasteiger partial charge on any atom is -0.496 e. The lowest BCUT2D eigenvalue weighted by Crippen LogP contribution is -2.45. The summed E-state index contributed by atoms with van der Waals surface area (Å²) in [6.07, 6.45) is 0.898. The van der Waals surface area contributed by atoms with Crippen LogP contribution in [0, 0.1) is 5.92 Å². The highest BCUT2D eigenvalue weighted by molar-refractivity contribution is 5.81. The summed E-state index contributed by atoms with van der Waals surface area (Å²) < 4.78 is 5.29. The molecule has 0 aliphatic carbocycles. The third-order valence-corrected chi connectivity index (χ3v) is 3.52. The molecule has 0 bridgehead atoms. The van der Waals surface area contributed by atoms with Gasteiger partial charge in [-0.25, -0.2) is 0 Å². The molecule has 0 fully saturated rings. The number of ether oxygens (including phenoxy) is 1. The first-order chi connectivity index (χ1) is 9.01. The maximum absolute atomic E-state index is 12.2. The minimum absolute atomic E-state index is 0.0275. The van der Waals surface area contributed by atoms with Crippen molar-refractivity contribution in [2.24, 2.45) is 11.7 Å². The first-order valence-electron chi connectivity index (χ1n) is 6.63. The zero-order chi connectivity index (χ0) is 14.4. The minimum atomic E-state index is -0.440. The normalized spacial score (nSPS) is 13.7. The number of carbonyl (C=O) groups is 1. The standard InChI is InChI=1S/C15H24N2O2/c1-5-11(2)14(16)15(18)17(3)10-12-8-6-7-9-13(12)19-4/h6-9,11,14H,5,10,16H2,1-4H3. The van der Waals surface area contributed by atoms with Crippen LogP contribution in [-0.4, -0.2) is 31.0 Å². The molecular formula is C15H24N2O2. The molecule has 1 aromatic rings. The van der Waals surface area contributed by atoms with Gasteiger partial charge in [-0.3, -0.25) is 4.79 Å². The molecule has 4 nitrogen and oxygen atoms in total. The van der Waals surface area contributed by atoms with Gasteiger partial charge in [0.05, 0.1) is 13.2 Å². The number of amides is 1. The second-order valence-electron chi connectivity index (χ2n) is 4.92. The molecule has 1 rings (SSSR count). The van der Waals surface area contributed by atoms with Crippen molar-refractivity contribution in [1.82, 2.24) is 4.90 Å². The van der Waals surface area contributed by atoms with Gasteiger partial charge in [-0.2, -0.15) is 0 Å². The molecule has 0 aliphatic heterocycles. The molecular weight excluding hydrogens is 240 g/mol. The fourth-order valence-electron chi connectivity index (χ4n) is 1.92.